The summed E-state index contributed by atoms with van der Waals surface area (Å²) in [7, 11) is 0. The molecular weight excluding hydrogens is 1150 g/mol. The maximum absolute atomic E-state index is 15.9. The van der Waals surface area contributed by atoms with Crippen molar-refractivity contribution in [1.29, 1.82) is 0 Å². The van der Waals surface area contributed by atoms with Crippen molar-refractivity contribution in [3.63, 3.8) is 0 Å². The first-order valence-corrected chi connectivity index (χ1v) is 29.7. The zero-order valence-corrected chi connectivity index (χ0v) is 48.9. The highest BCUT2D eigenvalue weighted by atomic mass is 19.4. The number of rotatable bonds is 6. The molecule has 12 heteroatoms. The van der Waals surface area contributed by atoms with Gasteiger partial charge in [-0.15, -0.1) is 0 Å². The van der Waals surface area contributed by atoms with Crippen molar-refractivity contribution in [3.05, 3.63) is 250 Å². The van der Waals surface area contributed by atoms with Gasteiger partial charge in [-0.05, 0) is 245 Å². The van der Waals surface area contributed by atoms with Gasteiger partial charge in [-0.25, -0.2) is 0 Å². The molecule has 0 amide bonds. The van der Waals surface area contributed by atoms with Gasteiger partial charge in [0.25, 0.3) is 0 Å². The fourth-order valence-corrected chi connectivity index (χ4v) is 16.4. The Morgan fingerprint density at radius 2 is 0.438 bits per heavy atom. The van der Waals surface area contributed by atoms with Gasteiger partial charge in [0.15, 0.2) is 0 Å². The van der Waals surface area contributed by atoms with Crippen LogP contribution in [0.4, 0.5) is 52.7 Å². The molecule has 4 unspecified atom stereocenters. The lowest BCUT2D eigenvalue weighted by molar-refractivity contribution is -0.172. The minimum atomic E-state index is -4.77. The lowest BCUT2D eigenvalue weighted by Crippen LogP contribution is -2.38. The van der Waals surface area contributed by atoms with Crippen LogP contribution in [0.25, 0.3) is 100 Å². The van der Waals surface area contributed by atoms with E-state index in [0.29, 0.717) is 113 Å². The first-order chi connectivity index (χ1) is 42.1. The van der Waals surface area contributed by atoms with Crippen LogP contribution in [0.1, 0.15) is 110 Å². The minimum Gasteiger partial charge on any atom is -0.170 e. The normalized spacial score (nSPS) is 21.3. The molecular formula is C77H54F12. The average Bonchev–Trinajstić information content (AvgIpc) is 1.59. The molecule has 4 atom stereocenters. The molecule has 0 nitrogen and oxygen atoms in total. The topological polar surface area (TPSA) is 0 Å². The van der Waals surface area contributed by atoms with E-state index in [1.165, 1.54) is 50.2 Å². The van der Waals surface area contributed by atoms with Gasteiger partial charge in [-0.2, -0.15) is 52.7 Å². The quantitative estimate of drug-likeness (QED) is 0.146. The van der Waals surface area contributed by atoms with Crippen LogP contribution in [0.5, 0.6) is 0 Å². The second-order valence-corrected chi connectivity index (χ2v) is 25.4. The summed E-state index contributed by atoms with van der Waals surface area (Å²) in [6.07, 6.45) is -18.2. The molecule has 15 rings (SSSR count). The van der Waals surface area contributed by atoms with Gasteiger partial charge >= 0.3 is 24.7 Å². The summed E-state index contributed by atoms with van der Waals surface area (Å²) in [5, 5.41) is 0. The van der Waals surface area contributed by atoms with Crippen molar-refractivity contribution in [3.8, 4) is 100 Å². The Morgan fingerprint density at radius 3 is 0.663 bits per heavy atom. The molecule has 5 aliphatic rings. The third-order valence-electron chi connectivity index (χ3n) is 21.6. The van der Waals surface area contributed by atoms with E-state index in [1.807, 2.05) is 38.1 Å². The summed E-state index contributed by atoms with van der Waals surface area (Å²) < 4.78 is 191. The summed E-state index contributed by atoms with van der Waals surface area (Å²) in [5.41, 5.74) is -1.19. The van der Waals surface area contributed by atoms with E-state index >= 15 is 52.7 Å². The van der Waals surface area contributed by atoms with Crippen LogP contribution in [-0.2, 0) is 27.1 Å². The standard InChI is InChI=1S/C77H54F12/c1-7-73(8-2)67-39-55(43-27-31-51-47-19-11-15-23-61(47)71(5,65(51)35-43)76(84,85)86)53(41-25-29-49-45-17-9-13-21-59(45)69(3,63(49)33-41)74(78,79)80)37-57(67)58-38-54(42-26-30-50-46-18-10-14-22-60(46)70(4,64(50)34-42)75(81,82)83)56(40-68(58)73)44-28-32-52-48-20-12-16-24-62(48)72(6,66(52)36-44)77(87,88)89/h9-40H,7-8H2,1-6H3. The second-order valence-electron chi connectivity index (χ2n) is 25.4. The van der Waals surface area contributed by atoms with Crippen LogP contribution in [0.3, 0.4) is 0 Å². The molecule has 0 fully saturated rings. The largest absolute Gasteiger partial charge is 0.402 e. The van der Waals surface area contributed by atoms with Gasteiger partial charge in [0, 0.05) is 5.41 Å². The van der Waals surface area contributed by atoms with Crippen LogP contribution in [0.15, 0.2) is 194 Å². The first-order valence-electron chi connectivity index (χ1n) is 29.7. The SMILES string of the molecule is CCC1(CC)c2cc(-c3ccc4c(c3)C(C)(C(F)(F)F)c3ccccc3-4)c(-c3ccc4c(c3)C(C)(C(F)(F)F)c3ccccc3-4)cc2-c2cc(-c3ccc4c(c3)C(C)(C(F)(F)F)c3ccccc3-4)c(-c3ccc4c(c3)C(C)(C(F)(F)F)c3ccccc3-4)cc21. The summed E-state index contributed by atoms with van der Waals surface area (Å²) in [5.74, 6) is 0. The molecule has 0 saturated heterocycles. The fourth-order valence-electron chi connectivity index (χ4n) is 16.4. The molecule has 0 aliphatic heterocycles. The zero-order valence-electron chi connectivity index (χ0n) is 48.9. The molecule has 0 aromatic heterocycles. The van der Waals surface area contributed by atoms with Crippen molar-refractivity contribution >= 4 is 0 Å². The number of halogens is 12. The van der Waals surface area contributed by atoms with E-state index in [-0.39, 0.29) is 44.5 Å². The lowest BCUT2D eigenvalue weighted by Gasteiger charge is -2.32. The van der Waals surface area contributed by atoms with Crippen molar-refractivity contribution < 1.29 is 52.7 Å². The zero-order chi connectivity index (χ0) is 62.7. The van der Waals surface area contributed by atoms with Crippen LogP contribution < -0.4 is 0 Å². The summed E-state index contributed by atoms with van der Waals surface area (Å²) in [4.78, 5) is 0. The van der Waals surface area contributed by atoms with E-state index in [9.17, 15) is 0 Å². The highest BCUT2D eigenvalue weighted by molar-refractivity contribution is 6.00. The average molecular weight is 1210 g/mol. The van der Waals surface area contributed by atoms with E-state index in [1.54, 1.807) is 133 Å². The van der Waals surface area contributed by atoms with E-state index in [2.05, 4.69) is 0 Å². The third-order valence-corrected chi connectivity index (χ3v) is 21.6. The Balaban J connectivity index is 1.02. The van der Waals surface area contributed by atoms with Gasteiger partial charge in [-0.3, -0.25) is 0 Å². The Hall–Kier alpha value is -8.64. The Morgan fingerprint density at radius 1 is 0.225 bits per heavy atom. The molecule has 0 N–H and O–H groups in total. The van der Waals surface area contributed by atoms with Crippen molar-refractivity contribution in [2.75, 3.05) is 0 Å². The number of hydrogen-bond donors (Lipinski definition) is 0. The van der Waals surface area contributed by atoms with Gasteiger partial charge in [-0.1, -0.05) is 159 Å². The van der Waals surface area contributed by atoms with Crippen molar-refractivity contribution in [2.24, 2.45) is 0 Å². The molecule has 0 bridgehead atoms. The van der Waals surface area contributed by atoms with Crippen molar-refractivity contribution in [1.82, 2.24) is 0 Å². The maximum Gasteiger partial charge on any atom is 0.402 e. The number of alkyl halides is 12. The summed E-state index contributed by atoms with van der Waals surface area (Å²) in [6.45, 7) is 8.65. The van der Waals surface area contributed by atoms with Crippen LogP contribution in [0.2, 0.25) is 0 Å². The van der Waals surface area contributed by atoms with E-state index in [4.69, 9.17) is 0 Å². The van der Waals surface area contributed by atoms with Gasteiger partial charge in [0.1, 0.15) is 21.7 Å². The van der Waals surface area contributed by atoms with Crippen LogP contribution in [0, 0.1) is 0 Å². The maximum atomic E-state index is 15.9. The predicted octanol–water partition coefficient (Wildman–Crippen LogP) is 22.8. The molecule has 10 aromatic carbocycles. The minimum absolute atomic E-state index is 0.00308. The van der Waals surface area contributed by atoms with Gasteiger partial charge in [0.05, 0.1) is 0 Å². The highest BCUT2D eigenvalue weighted by Crippen LogP contribution is 2.64. The van der Waals surface area contributed by atoms with Crippen molar-refractivity contribution in [2.45, 2.75) is 106 Å². The van der Waals surface area contributed by atoms with Crippen LogP contribution >= 0.6 is 0 Å². The number of benzene rings is 10. The molecule has 10 aromatic rings. The lowest BCUT2D eigenvalue weighted by atomic mass is 9.71. The monoisotopic (exact) mass is 1210 g/mol. The molecule has 0 saturated carbocycles. The number of hydrogen-bond acceptors (Lipinski definition) is 0. The molecule has 0 heterocycles. The molecule has 5 aliphatic carbocycles. The van der Waals surface area contributed by atoms with Gasteiger partial charge in [0.2, 0.25) is 0 Å². The smallest absolute Gasteiger partial charge is 0.170 e. The summed E-state index contributed by atoms with van der Waals surface area (Å²) >= 11 is 0. The Bertz CT molecular complexity index is 4430. The second kappa shape index (κ2) is 18.3. The van der Waals surface area contributed by atoms with Gasteiger partial charge < -0.3 is 0 Å². The molecule has 446 valence electrons. The number of fused-ring (bicyclic) bond motifs is 15. The molecule has 89 heavy (non-hydrogen) atoms. The molecule has 0 radical (unpaired) electrons. The van der Waals surface area contributed by atoms with E-state index in [0.717, 1.165) is 25.0 Å². The Kier molecular flexibility index (Phi) is 11.7. The highest BCUT2D eigenvalue weighted by Gasteiger charge is 2.62. The summed E-state index contributed by atoms with van der Waals surface area (Å²) in [6, 6.07) is 53.1. The van der Waals surface area contributed by atoms with E-state index < -0.39 is 51.8 Å². The predicted molar refractivity (Wildman–Crippen MR) is 327 cm³/mol. The third kappa shape index (κ3) is 7.17. The fraction of sp³-hybridized carbons (Fsp3) is 0.221. The Labute approximate surface area is 506 Å². The molecule has 0 spiro atoms. The first kappa shape index (κ1) is 56.8. The van der Waals surface area contributed by atoms with Crippen LogP contribution in [-0.4, -0.2) is 24.7 Å².